The lowest BCUT2D eigenvalue weighted by Gasteiger charge is -2.12. The molecule has 4 aromatic rings. The molecule has 0 aliphatic carbocycles. The van der Waals surface area contributed by atoms with Crippen LogP contribution in [0.1, 0.15) is 16.1 Å². The van der Waals surface area contributed by atoms with Crippen molar-refractivity contribution in [3.8, 4) is 11.5 Å². The van der Waals surface area contributed by atoms with Crippen LogP contribution in [0.5, 0.6) is 11.5 Å². The van der Waals surface area contributed by atoms with E-state index in [9.17, 15) is 9.59 Å². The molecule has 0 fully saturated rings. The molecule has 158 valence electrons. The second-order valence-electron chi connectivity index (χ2n) is 6.91. The Morgan fingerprint density at radius 2 is 2.10 bits per heavy atom. The number of carbonyl (C=O) groups excluding carboxylic acids is 1. The molecule has 1 aromatic carbocycles. The predicted molar refractivity (Wildman–Crippen MR) is 118 cm³/mol. The van der Waals surface area contributed by atoms with E-state index >= 15 is 0 Å². The Morgan fingerprint density at radius 3 is 2.90 bits per heavy atom. The van der Waals surface area contributed by atoms with E-state index in [1.807, 2.05) is 23.6 Å². The molecule has 9 nitrogen and oxygen atoms in total. The molecule has 1 aliphatic heterocycles. The predicted octanol–water partition coefficient (Wildman–Crippen LogP) is 2.75. The number of aromatic nitrogens is 4. The molecule has 0 spiro atoms. The molecule has 0 unspecified atom stereocenters. The lowest BCUT2D eigenvalue weighted by molar-refractivity contribution is 0.0924. The van der Waals surface area contributed by atoms with E-state index < -0.39 is 0 Å². The minimum atomic E-state index is -0.242. The third kappa shape index (κ3) is 3.66. The van der Waals surface area contributed by atoms with Crippen LogP contribution in [0.3, 0.4) is 0 Å². The number of hydrogen-bond acceptors (Lipinski definition) is 9. The van der Waals surface area contributed by atoms with E-state index in [1.54, 1.807) is 23.6 Å². The van der Waals surface area contributed by atoms with Crippen LogP contribution in [-0.4, -0.2) is 37.8 Å². The van der Waals surface area contributed by atoms with Crippen molar-refractivity contribution >= 4 is 45.0 Å². The first-order chi connectivity index (χ1) is 15.0. The molecule has 0 saturated heterocycles. The van der Waals surface area contributed by atoms with Crippen molar-refractivity contribution in [1.82, 2.24) is 19.3 Å². The summed E-state index contributed by atoms with van der Waals surface area (Å²) in [6.07, 6.45) is 0. The molecular weight excluding hydrogens is 438 g/mol. The highest BCUT2D eigenvalue weighted by molar-refractivity contribution is 7.99. The molecule has 0 atom stereocenters. The Balaban J connectivity index is 1.47. The first kappa shape index (κ1) is 19.6. The molecule has 0 saturated carbocycles. The fraction of sp³-hybridized carbons (Fsp3) is 0.200. The molecular formula is C20H17N5O4S2. The number of ether oxygens (including phenoxy) is 2. The Bertz CT molecular complexity index is 1370. The van der Waals surface area contributed by atoms with Gasteiger partial charge in [0.2, 0.25) is 6.79 Å². The van der Waals surface area contributed by atoms with Gasteiger partial charge in [0.1, 0.15) is 10.5 Å². The number of nitrogens with two attached hydrogens (primary N) is 1. The maximum absolute atomic E-state index is 13.2. The number of hydrogen-bond donors (Lipinski definition) is 1. The van der Waals surface area contributed by atoms with Gasteiger partial charge in [-0.1, -0.05) is 17.8 Å². The normalized spacial score (nSPS) is 12.5. The fourth-order valence-corrected chi connectivity index (χ4v) is 4.95. The summed E-state index contributed by atoms with van der Waals surface area (Å²) in [5.74, 6) is 1.43. The second kappa shape index (κ2) is 7.75. The minimum Gasteiger partial charge on any atom is -0.454 e. The van der Waals surface area contributed by atoms with Crippen molar-refractivity contribution in [2.75, 3.05) is 18.3 Å². The highest BCUT2D eigenvalue weighted by Gasteiger charge is 2.18. The Morgan fingerprint density at radius 1 is 1.26 bits per heavy atom. The number of fused-ring (bicyclic) bond motifs is 2. The average Bonchev–Trinajstić information content (AvgIpc) is 3.47. The molecule has 1 aliphatic rings. The number of anilines is 1. The molecule has 0 radical (unpaired) electrons. The number of nitrogens with zero attached hydrogens (tertiary/aromatic N) is 4. The molecule has 0 bridgehead atoms. The summed E-state index contributed by atoms with van der Waals surface area (Å²) < 4.78 is 14.2. The molecule has 0 amide bonds. The lowest BCUT2D eigenvalue weighted by Crippen LogP contribution is -2.24. The summed E-state index contributed by atoms with van der Waals surface area (Å²) in [4.78, 5) is 30.4. The zero-order chi connectivity index (χ0) is 21.5. The average molecular weight is 456 g/mol. The van der Waals surface area contributed by atoms with Gasteiger partial charge in [0.15, 0.2) is 16.7 Å². The van der Waals surface area contributed by atoms with Crippen molar-refractivity contribution in [2.24, 2.45) is 0 Å². The van der Waals surface area contributed by atoms with Crippen molar-refractivity contribution in [1.29, 1.82) is 0 Å². The van der Waals surface area contributed by atoms with Gasteiger partial charge >= 0.3 is 0 Å². The summed E-state index contributed by atoms with van der Waals surface area (Å²) in [5, 5.41) is 6.31. The van der Waals surface area contributed by atoms with E-state index in [1.165, 1.54) is 27.8 Å². The summed E-state index contributed by atoms with van der Waals surface area (Å²) in [5.41, 5.74) is 7.67. The number of nitrogen functional groups attached to an aromatic ring is 1. The maximum atomic E-state index is 13.2. The highest BCUT2D eigenvalue weighted by Crippen LogP contribution is 2.33. The monoisotopic (exact) mass is 455 g/mol. The van der Waals surface area contributed by atoms with Gasteiger partial charge < -0.3 is 15.2 Å². The van der Waals surface area contributed by atoms with E-state index in [2.05, 4.69) is 10.1 Å². The van der Waals surface area contributed by atoms with Gasteiger partial charge in [0, 0.05) is 11.8 Å². The smallest absolute Gasteiger partial charge is 0.272 e. The maximum Gasteiger partial charge on any atom is 0.272 e. The van der Waals surface area contributed by atoms with E-state index in [4.69, 9.17) is 15.2 Å². The van der Waals surface area contributed by atoms with Gasteiger partial charge in [-0.25, -0.2) is 9.67 Å². The highest BCUT2D eigenvalue weighted by atomic mass is 32.2. The Labute approximate surface area is 184 Å². The van der Waals surface area contributed by atoms with Crippen LogP contribution in [-0.2, 0) is 6.54 Å². The number of aryl methyl sites for hydroxylation is 1. The van der Waals surface area contributed by atoms with Crippen LogP contribution >= 0.6 is 23.1 Å². The zero-order valence-electron chi connectivity index (χ0n) is 16.4. The third-order valence-electron chi connectivity index (χ3n) is 4.78. The second-order valence-corrected chi connectivity index (χ2v) is 8.77. The number of benzene rings is 1. The van der Waals surface area contributed by atoms with Gasteiger partial charge in [-0.3, -0.25) is 14.2 Å². The molecule has 2 N–H and O–H groups in total. The van der Waals surface area contributed by atoms with Gasteiger partial charge in [0.05, 0.1) is 17.8 Å². The SMILES string of the molecule is Cc1cc(N)nn1C(=O)CSc1nc2ccsc2c(=O)n1Cc1ccc2c(c1)OCO2. The number of thiophene rings is 1. The van der Waals surface area contributed by atoms with Crippen molar-refractivity contribution in [2.45, 2.75) is 18.6 Å². The number of thioether (sulfide) groups is 1. The summed E-state index contributed by atoms with van der Waals surface area (Å²) in [7, 11) is 0. The summed E-state index contributed by atoms with van der Waals surface area (Å²) >= 11 is 2.54. The topological polar surface area (TPSA) is 114 Å². The van der Waals surface area contributed by atoms with Gasteiger partial charge in [-0.15, -0.1) is 16.4 Å². The molecule has 31 heavy (non-hydrogen) atoms. The van der Waals surface area contributed by atoms with E-state index in [0.29, 0.717) is 39.1 Å². The van der Waals surface area contributed by atoms with Crippen LogP contribution in [0.25, 0.3) is 10.2 Å². The lowest BCUT2D eigenvalue weighted by atomic mass is 10.2. The van der Waals surface area contributed by atoms with Crippen LogP contribution in [0, 0.1) is 6.92 Å². The molecule has 3 aromatic heterocycles. The van der Waals surface area contributed by atoms with Crippen molar-refractivity contribution < 1.29 is 14.3 Å². The number of rotatable bonds is 5. The summed E-state index contributed by atoms with van der Waals surface area (Å²) in [6, 6.07) is 8.99. The Hall–Kier alpha value is -3.31. The standard InChI is InChI=1S/C20H17N5O4S2/c1-11-6-16(21)23-25(11)17(26)9-31-20-22-13-4-5-30-18(13)19(27)24(20)8-12-2-3-14-15(7-12)29-10-28-14/h2-7H,8-10H2,1H3,(H2,21,23). The van der Waals surface area contributed by atoms with Crippen molar-refractivity contribution in [3.05, 3.63) is 57.3 Å². The first-order valence-electron chi connectivity index (χ1n) is 9.34. The first-order valence-corrected chi connectivity index (χ1v) is 11.2. The quantitative estimate of drug-likeness (QED) is 0.361. The van der Waals surface area contributed by atoms with Gasteiger partial charge in [0.25, 0.3) is 11.5 Å². The minimum absolute atomic E-state index is 0.0607. The van der Waals surface area contributed by atoms with Crippen LogP contribution in [0.15, 0.2) is 45.7 Å². The van der Waals surface area contributed by atoms with Crippen LogP contribution < -0.4 is 20.8 Å². The third-order valence-corrected chi connectivity index (χ3v) is 6.63. The Kier molecular flexibility index (Phi) is 4.91. The number of carbonyl (C=O) groups is 1. The summed E-state index contributed by atoms with van der Waals surface area (Å²) in [6.45, 7) is 2.24. The largest absolute Gasteiger partial charge is 0.454 e. The molecule has 5 rings (SSSR count). The van der Waals surface area contributed by atoms with Crippen LogP contribution in [0.2, 0.25) is 0 Å². The molecule has 4 heterocycles. The van der Waals surface area contributed by atoms with E-state index in [0.717, 1.165) is 5.56 Å². The zero-order valence-corrected chi connectivity index (χ0v) is 18.0. The fourth-order valence-electron chi connectivity index (χ4n) is 3.33. The van der Waals surface area contributed by atoms with Gasteiger partial charge in [-0.05, 0) is 36.1 Å². The molecule has 11 heteroatoms. The van der Waals surface area contributed by atoms with Gasteiger partial charge in [-0.2, -0.15) is 0 Å². The van der Waals surface area contributed by atoms with E-state index in [-0.39, 0.29) is 29.8 Å². The van der Waals surface area contributed by atoms with Crippen LogP contribution in [0.4, 0.5) is 5.82 Å². The van der Waals surface area contributed by atoms with Crippen molar-refractivity contribution in [3.63, 3.8) is 0 Å².